The van der Waals surface area contributed by atoms with Gasteiger partial charge in [0.05, 0.1) is 11.7 Å². The fourth-order valence-electron chi connectivity index (χ4n) is 3.36. The van der Waals surface area contributed by atoms with Crippen LogP contribution in [0.25, 0.3) is 0 Å². The summed E-state index contributed by atoms with van der Waals surface area (Å²) in [5, 5.41) is 20.1. The third-order valence-electron chi connectivity index (χ3n) is 4.46. The van der Waals surface area contributed by atoms with E-state index in [0.717, 1.165) is 32.1 Å². The number of hydrogen-bond donors (Lipinski definition) is 2. The number of rotatable bonds is 4. The maximum atomic E-state index is 10.5. The zero-order chi connectivity index (χ0) is 12.4. The Morgan fingerprint density at radius 2 is 1.88 bits per heavy atom. The predicted molar refractivity (Wildman–Crippen MR) is 67.3 cm³/mol. The summed E-state index contributed by atoms with van der Waals surface area (Å²) in [6.45, 7) is 8.49. The smallest absolute Gasteiger partial charge is 0.0652 e. The molecule has 0 saturated heterocycles. The first-order chi connectivity index (χ1) is 7.29. The normalized spacial score (nSPS) is 36.0. The Bertz CT molecular complexity index is 205. The van der Waals surface area contributed by atoms with E-state index in [9.17, 15) is 10.2 Å². The minimum atomic E-state index is -0.546. The molecule has 0 bridgehead atoms. The van der Waals surface area contributed by atoms with Crippen LogP contribution < -0.4 is 0 Å². The summed E-state index contributed by atoms with van der Waals surface area (Å²) < 4.78 is 0. The first-order valence-corrected chi connectivity index (χ1v) is 6.70. The molecule has 0 amide bonds. The Labute approximate surface area is 100 Å². The second-order valence-electron chi connectivity index (χ2n) is 6.39. The second kappa shape index (κ2) is 5.05. The molecule has 2 heteroatoms. The Hall–Kier alpha value is -0.0800. The van der Waals surface area contributed by atoms with Crippen LogP contribution in [0.1, 0.15) is 66.2 Å². The van der Waals surface area contributed by atoms with Gasteiger partial charge in [-0.2, -0.15) is 0 Å². The van der Waals surface area contributed by atoms with Crippen LogP contribution >= 0.6 is 0 Å². The van der Waals surface area contributed by atoms with Crippen molar-refractivity contribution >= 4 is 0 Å². The summed E-state index contributed by atoms with van der Waals surface area (Å²) >= 11 is 0. The minimum absolute atomic E-state index is 0.200. The van der Waals surface area contributed by atoms with Crippen molar-refractivity contribution in [3.05, 3.63) is 0 Å². The highest BCUT2D eigenvalue weighted by molar-refractivity contribution is 4.95. The van der Waals surface area contributed by atoms with Gasteiger partial charge in [-0.1, -0.05) is 27.2 Å². The van der Waals surface area contributed by atoms with Gasteiger partial charge in [0.1, 0.15) is 0 Å². The molecule has 1 saturated carbocycles. The van der Waals surface area contributed by atoms with Gasteiger partial charge in [-0.25, -0.2) is 0 Å². The van der Waals surface area contributed by atoms with E-state index in [1.807, 2.05) is 13.8 Å². The lowest BCUT2D eigenvalue weighted by atomic mass is 9.60. The van der Waals surface area contributed by atoms with Gasteiger partial charge in [-0.05, 0) is 50.4 Å². The molecule has 1 fully saturated rings. The van der Waals surface area contributed by atoms with Crippen molar-refractivity contribution in [2.75, 3.05) is 0 Å². The largest absolute Gasteiger partial charge is 0.393 e. The van der Waals surface area contributed by atoms with Crippen LogP contribution in [0.4, 0.5) is 0 Å². The number of aliphatic hydroxyl groups is 2. The summed E-state index contributed by atoms with van der Waals surface area (Å²) in [6, 6.07) is 0. The summed E-state index contributed by atoms with van der Waals surface area (Å²) in [5.74, 6) is 0.315. The first kappa shape index (κ1) is 14.0. The molecular formula is C14H28O2. The van der Waals surface area contributed by atoms with Gasteiger partial charge in [-0.15, -0.1) is 0 Å². The molecule has 0 aliphatic heterocycles. The molecule has 0 aromatic carbocycles. The van der Waals surface area contributed by atoms with Gasteiger partial charge in [0.15, 0.2) is 0 Å². The molecule has 0 spiro atoms. The summed E-state index contributed by atoms with van der Waals surface area (Å²) in [4.78, 5) is 0. The highest BCUT2D eigenvalue weighted by Crippen LogP contribution is 2.48. The van der Waals surface area contributed by atoms with Crippen LogP contribution in [0.15, 0.2) is 0 Å². The molecule has 96 valence electrons. The van der Waals surface area contributed by atoms with Crippen molar-refractivity contribution in [3.63, 3.8) is 0 Å². The lowest BCUT2D eigenvalue weighted by Gasteiger charge is -2.48. The van der Waals surface area contributed by atoms with E-state index in [-0.39, 0.29) is 11.5 Å². The molecule has 0 radical (unpaired) electrons. The number of hydrogen-bond acceptors (Lipinski definition) is 2. The molecule has 16 heavy (non-hydrogen) atoms. The first-order valence-electron chi connectivity index (χ1n) is 6.70. The lowest BCUT2D eigenvalue weighted by molar-refractivity contribution is -0.0955. The predicted octanol–water partition coefficient (Wildman–Crippen LogP) is 3.11. The Balaban J connectivity index is 2.64. The van der Waals surface area contributed by atoms with Gasteiger partial charge in [0, 0.05) is 0 Å². The van der Waals surface area contributed by atoms with E-state index in [0.29, 0.717) is 5.92 Å². The highest BCUT2D eigenvalue weighted by Gasteiger charge is 2.44. The number of aliphatic hydroxyl groups excluding tert-OH is 1. The Kier molecular flexibility index (Phi) is 4.42. The molecule has 0 aromatic heterocycles. The third-order valence-corrected chi connectivity index (χ3v) is 4.46. The fourth-order valence-corrected chi connectivity index (χ4v) is 3.36. The van der Waals surface area contributed by atoms with Crippen molar-refractivity contribution in [2.45, 2.75) is 77.9 Å². The van der Waals surface area contributed by atoms with Gasteiger partial charge in [0.25, 0.3) is 0 Å². The Morgan fingerprint density at radius 3 is 2.38 bits per heavy atom. The molecule has 1 aliphatic carbocycles. The highest BCUT2D eigenvalue weighted by atomic mass is 16.3. The Morgan fingerprint density at radius 1 is 1.25 bits per heavy atom. The molecule has 2 nitrogen and oxygen atoms in total. The molecule has 3 unspecified atom stereocenters. The molecule has 2 N–H and O–H groups in total. The minimum Gasteiger partial charge on any atom is -0.393 e. The van der Waals surface area contributed by atoms with Crippen molar-refractivity contribution < 1.29 is 10.2 Å². The van der Waals surface area contributed by atoms with Gasteiger partial charge >= 0.3 is 0 Å². The molecule has 0 aromatic rings. The van der Waals surface area contributed by atoms with Crippen LogP contribution in [0.2, 0.25) is 0 Å². The van der Waals surface area contributed by atoms with Gasteiger partial charge < -0.3 is 10.2 Å². The van der Waals surface area contributed by atoms with E-state index in [4.69, 9.17) is 0 Å². The van der Waals surface area contributed by atoms with Crippen LogP contribution in [0.5, 0.6) is 0 Å². The second-order valence-corrected chi connectivity index (χ2v) is 6.39. The zero-order valence-electron chi connectivity index (χ0n) is 11.3. The summed E-state index contributed by atoms with van der Waals surface area (Å²) in [6.07, 6.45) is 5.59. The molecule has 1 aliphatic rings. The molecule has 1 rings (SSSR count). The lowest BCUT2D eigenvalue weighted by Crippen LogP contribution is -2.47. The van der Waals surface area contributed by atoms with E-state index < -0.39 is 5.60 Å². The summed E-state index contributed by atoms with van der Waals surface area (Å²) in [7, 11) is 0. The monoisotopic (exact) mass is 228 g/mol. The van der Waals surface area contributed by atoms with Gasteiger partial charge in [-0.3, -0.25) is 0 Å². The summed E-state index contributed by atoms with van der Waals surface area (Å²) in [5.41, 5.74) is -0.343. The fraction of sp³-hybridized carbons (Fsp3) is 1.00. The average molecular weight is 228 g/mol. The standard InChI is InChI=1S/C14H28O2/c1-5-11(15)7-8-12-13(2,3)9-6-10-14(12,4)16/h11-12,15-16H,5-10H2,1-4H3. The van der Waals surface area contributed by atoms with E-state index >= 15 is 0 Å². The van der Waals surface area contributed by atoms with Crippen molar-refractivity contribution in [1.29, 1.82) is 0 Å². The van der Waals surface area contributed by atoms with Crippen LogP contribution in [-0.4, -0.2) is 21.9 Å². The van der Waals surface area contributed by atoms with E-state index in [2.05, 4.69) is 13.8 Å². The van der Waals surface area contributed by atoms with E-state index in [1.165, 1.54) is 6.42 Å². The van der Waals surface area contributed by atoms with Crippen molar-refractivity contribution in [1.82, 2.24) is 0 Å². The van der Waals surface area contributed by atoms with Crippen molar-refractivity contribution in [3.8, 4) is 0 Å². The van der Waals surface area contributed by atoms with E-state index in [1.54, 1.807) is 0 Å². The maximum absolute atomic E-state index is 10.5. The molecule has 3 atom stereocenters. The molecular weight excluding hydrogens is 200 g/mol. The quantitative estimate of drug-likeness (QED) is 0.776. The third kappa shape index (κ3) is 3.21. The SMILES string of the molecule is CCC(O)CCC1C(C)(C)CCCC1(C)O. The molecule has 0 heterocycles. The zero-order valence-corrected chi connectivity index (χ0v) is 11.3. The van der Waals surface area contributed by atoms with Crippen LogP contribution in [0.3, 0.4) is 0 Å². The topological polar surface area (TPSA) is 40.5 Å². The van der Waals surface area contributed by atoms with Crippen LogP contribution in [0, 0.1) is 11.3 Å². The maximum Gasteiger partial charge on any atom is 0.0652 e. The average Bonchev–Trinajstić information content (AvgIpc) is 2.14. The van der Waals surface area contributed by atoms with Gasteiger partial charge in [0.2, 0.25) is 0 Å². The van der Waals surface area contributed by atoms with Crippen LogP contribution in [-0.2, 0) is 0 Å². The van der Waals surface area contributed by atoms with Crippen molar-refractivity contribution in [2.24, 2.45) is 11.3 Å².